The van der Waals surface area contributed by atoms with Crippen molar-refractivity contribution in [3.05, 3.63) is 0 Å². The summed E-state index contributed by atoms with van der Waals surface area (Å²) in [6.45, 7) is 12.2. The van der Waals surface area contributed by atoms with Crippen LogP contribution in [0.1, 0.15) is 253 Å². The first-order valence-electron chi connectivity index (χ1n) is 23.2. The van der Waals surface area contributed by atoms with Crippen molar-refractivity contribution in [1.29, 1.82) is 10.5 Å². The molecule has 0 unspecified atom stereocenters. The van der Waals surface area contributed by atoms with Crippen molar-refractivity contribution in [1.82, 2.24) is 0 Å². The molecule has 0 aromatic carbocycles. The van der Waals surface area contributed by atoms with Crippen molar-refractivity contribution in [2.45, 2.75) is 253 Å². The molecular formula is C47H96N2P2. The molecule has 0 aromatic heterocycles. The monoisotopic (exact) mass is 751 g/mol. The Labute approximate surface area is 327 Å². The third kappa shape index (κ3) is 54.3. The van der Waals surface area contributed by atoms with Crippen LogP contribution in [-0.4, -0.2) is 37.0 Å². The SMILES string of the molecule is CC#N.CC#N.CCCCCCCCCCP(CCCCCCCCCC)CCCP(CCCCCCCCCC)CCCCCCCCCC. The van der Waals surface area contributed by atoms with E-state index in [0.717, 1.165) is 0 Å². The molecule has 0 rings (SSSR count). The minimum Gasteiger partial charge on any atom is -0.199 e. The fourth-order valence-electron chi connectivity index (χ4n) is 7.07. The first kappa shape index (κ1) is 55.2. The highest BCUT2D eigenvalue weighted by Gasteiger charge is 2.12. The Balaban J connectivity index is -0.00000356. The van der Waals surface area contributed by atoms with Crippen LogP contribution in [-0.2, 0) is 0 Å². The predicted molar refractivity (Wildman–Crippen MR) is 241 cm³/mol. The van der Waals surface area contributed by atoms with E-state index in [0.29, 0.717) is 15.8 Å². The second-order valence-corrected chi connectivity index (χ2v) is 20.8. The average Bonchev–Trinajstić information content (AvgIpc) is 3.12. The van der Waals surface area contributed by atoms with Crippen molar-refractivity contribution in [3.8, 4) is 12.1 Å². The molecule has 0 heterocycles. The normalized spacial score (nSPS) is 10.8. The molecule has 0 N–H and O–H groups in total. The number of nitriles is 2. The summed E-state index contributed by atoms with van der Waals surface area (Å²) < 4.78 is 0. The molecule has 2 nitrogen and oxygen atoms in total. The Morgan fingerprint density at radius 2 is 0.392 bits per heavy atom. The van der Waals surface area contributed by atoms with Crippen LogP contribution in [0, 0.1) is 22.7 Å². The Hall–Kier alpha value is -0.160. The molecule has 0 aliphatic carbocycles. The van der Waals surface area contributed by atoms with Gasteiger partial charge >= 0.3 is 0 Å². The Morgan fingerprint density at radius 1 is 0.255 bits per heavy atom. The van der Waals surface area contributed by atoms with Crippen molar-refractivity contribution >= 4 is 15.8 Å². The number of nitrogens with zero attached hydrogens (tertiary/aromatic N) is 2. The highest BCUT2D eigenvalue weighted by Crippen LogP contribution is 2.43. The maximum absolute atomic E-state index is 7.32. The van der Waals surface area contributed by atoms with E-state index in [2.05, 4.69) is 27.7 Å². The third-order valence-electron chi connectivity index (χ3n) is 10.3. The fourth-order valence-corrected chi connectivity index (χ4v) is 12.6. The van der Waals surface area contributed by atoms with Gasteiger partial charge in [-0.15, -0.1) is 15.8 Å². The number of unbranched alkanes of at least 4 members (excludes halogenated alkanes) is 28. The molecule has 0 bridgehead atoms. The first-order valence-corrected chi connectivity index (χ1v) is 27.0. The molecule has 0 atom stereocenters. The fraction of sp³-hybridized carbons (Fsp3) is 0.957. The minimum absolute atomic E-state index is 0.306. The molecule has 0 saturated carbocycles. The van der Waals surface area contributed by atoms with Gasteiger partial charge in [-0.2, -0.15) is 10.5 Å². The average molecular weight is 751 g/mol. The molecule has 0 amide bonds. The number of rotatable bonds is 40. The van der Waals surface area contributed by atoms with E-state index in [4.69, 9.17) is 10.5 Å². The molecule has 0 fully saturated rings. The molecular weight excluding hydrogens is 654 g/mol. The Bertz CT molecular complexity index is 574. The summed E-state index contributed by atoms with van der Waals surface area (Å²) in [6, 6.07) is 3.50. The summed E-state index contributed by atoms with van der Waals surface area (Å²) in [5, 5.41) is 14.6. The lowest BCUT2D eigenvalue weighted by atomic mass is 10.1. The van der Waals surface area contributed by atoms with Gasteiger partial charge in [0.2, 0.25) is 0 Å². The topological polar surface area (TPSA) is 47.6 Å². The van der Waals surface area contributed by atoms with E-state index in [1.165, 1.54) is 194 Å². The van der Waals surface area contributed by atoms with E-state index in [1.54, 1.807) is 81.2 Å². The van der Waals surface area contributed by atoms with Gasteiger partial charge in [0, 0.05) is 13.8 Å². The van der Waals surface area contributed by atoms with Crippen LogP contribution in [0.15, 0.2) is 0 Å². The zero-order valence-corrected chi connectivity index (χ0v) is 38.2. The summed E-state index contributed by atoms with van der Waals surface area (Å²) in [5.41, 5.74) is 0. The smallest absolute Gasteiger partial charge is 0.0587 e. The van der Waals surface area contributed by atoms with Crippen LogP contribution in [0.3, 0.4) is 0 Å². The summed E-state index contributed by atoms with van der Waals surface area (Å²) in [7, 11) is 0.612. The van der Waals surface area contributed by atoms with Crippen LogP contribution in [0.5, 0.6) is 0 Å². The summed E-state index contributed by atoms with van der Waals surface area (Å²) in [5.74, 6) is 0. The van der Waals surface area contributed by atoms with Crippen molar-refractivity contribution in [3.63, 3.8) is 0 Å². The lowest BCUT2D eigenvalue weighted by Gasteiger charge is -2.22. The van der Waals surface area contributed by atoms with Gasteiger partial charge in [-0.25, -0.2) is 0 Å². The van der Waals surface area contributed by atoms with E-state index in [-0.39, 0.29) is 0 Å². The van der Waals surface area contributed by atoms with Gasteiger partial charge in [0.05, 0.1) is 12.1 Å². The van der Waals surface area contributed by atoms with Crippen LogP contribution in [0.25, 0.3) is 0 Å². The highest BCUT2D eigenvalue weighted by atomic mass is 31.1. The van der Waals surface area contributed by atoms with Gasteiger partial charge in [0.25, 0.3) is 0 Å². The first-order chi connectivity index (χ1) is 25.1. The summed E-state index contributed by atoms with van der Waals surface area (Å²) in [4.78, 5) is 0. The van der Waals surface area contributed by atoms with Gasteiger partial charge < -0.3 is 0 Å². The van der Waals surface area contributed by atoms with Gasteiger partial charge in [0.1, 0.15) is 0 Å². The van der Waals surface area contributed by atoms with Crippen LogP contribution < -0.4 is 0 Å². The molecule has 0 spiro atoms. The number of hydrogen-bond acceptors (Lipinski definition) is 2. The maximum atomic E-state index is 7.32. The lowest BCUT2D eigenvalue weighted by Crippen LogP contribution is -2.02. The lowest BCUT2D eigenvalue weighted by molar-refractivity contribution is 0.583. The van der Waals surface area contributed by atoms with Crippen LogP contribution in [0.4, 0.5) is 0 Å². The second kappa shape index (κ2) is 54.2. The zero-order chi connectivity index (χ0) is 38.1. The molecule has 0 radical (unpaired) electrons. The molecule has 0 saturated heterocycles. The molecule has 4 heteroatoms. The highest BCUT2D eigenvalue weighted by molar-refractivity contribution is 7.58. The van der Waals surface area contributed by atoms with Gasteiger partial charge in [0.15, 0.2) is 0 Å². The minimum atomic E-state index is 0.306. The predicted octanol–water partition coefficient (Wildman–Crippen LogP) is 18.0. The Morgan fingerprint density at radius 3 is 0.569 bits per heavy atom. The second-order valence-electron chi connectivity index (χ2n) is 15.4. The Kier molecular flexibility index (Phi) is 58.6. The molecule has 304 valence electrons. The van der Waals surface area contributed by atoms with Gasteiger partial charge in [-0.3, -0.25) is 0 Å². The van der Waals surface area contributed by atoms with Gasteiger partial charge in [-0.05, 0) is 69.1 Å². The van der Waals surface area contributed by atoms with Gasteiger partial charge in [-0.1, -0.05) is 207 Å². The number of hydrogen-bond donors (Lipinski definition) is 0. The van der Waals surface area contributed by atoms with E-state index < -0.39 is 0 Å². The molecule has 0 aliphatic rings. The van der Waals surface area contributed by atoms with Crippen molar-refractivity contribution in [2.24, 2.45) is 0 Å². The van der Waals surface area contributed by atoms with E-state index >= 15 is 0 Å². The maximum Gasteiger partial charge on any atom is 0.0587 e. The molecule has 0 aromatic rings. The standard InChI is InChI=1S/C43H90P2.2C2H3N/c1-5-9-13-17-21-25-29-33-38-44(39-34-30-26-22-18-14-10-6-2)42-37-43-45(40-35-31-27-23-19-15-11-7-3)41-36-32-28-24-20-16-12-8-4;2*1-2-3/h5-43H2,1-4H3;2*1H3. The van der Waals surface area contributed by atoms with Crippen molar-refractivity contribution < 1.29 is 0 Å². The van der Waals surface area contributed by atoms with Crippen molar-refractivity contribution in [2.75, 3.05) is 37.0 Å². The zero-order valence-electron chi connectivity index (χ0n) is 36.4. The van der Waals surface area contributed by atoms with E-state index in [1.807, 2.05) is 0 Å². The van der Waals surface area contributed by atoms with Crippen LogP contribution in [0.2, 0.25) is 0 Å². The largest absolute Gasteiger partial charge is 0.199 e. The quantitative estimate of drug-likeness (QED) is 0.0462. The summed E-state index contributed by atoms with van der Waals surface area (Å²) in [6.07, 6.45) is 58.7. The summed E-state index contributed by atoms with van der Waals surface area (Å²) >= 11 is 0. The molecule has 0 aliphatic heterocycles. The third-order valence-corrected chi connectivity index (χ3v) is 16.0. The van der Waals surface area contributed by atoms with Crippen LogP contribution >= 0.6 is 15.8 Å². The van der Waals surface area contributed by atoms with E-state index in [9.17, 15) is 0 Å². The molecule has 51 heavy (non-hydrogen) atoms.